The predicted molar refractivity (Wildman–Crippen MR) is 75.6 cm³/mol. The first-order valence-corrected chi connectivity index (χ1v) is 9.08. The van der Waals surface area contributed by atoms with Gasteiger partial charge in [-0.25, -0.2) is 0 Å². The second kappa shape index (κ2) is 6.15. The minimum absolute atomic E-state index is 0.345. The van der Waals surface area contributed by atoms with Crippen LogP contribution in [0.3, 0.4) is 0 Å². The molecule has 0 amide bonds. The molecule has 1 aromatic rings. The molecule has 0 saturated carbocycles. The third-order valence-electron chi connectivity index (χ3n) is 3.88. The van der Waals surface area contributed by atoms with E-state index in [9.17, 15) is 4.79 Å². The molecule has 1 aromatic carbocycles. The van der Waals surface area contributed by atoms with E-state index in [0.29, 0.717) is 5.78 Å². The van der Waals surface area contributed by atoms with E-state index in [0.717, 1.165) is 11.7 Å². The van der Waals surface area contributed by atoms with Crippen molar-refractivity contribution < 1.29 is 4.79 Å². The van der Waals surface area contributed by atoms with E-state index < -0.39 is 7.26 Å². The van der Waals surface area contributed by atoms with Crippen LogP contribution >= 0.6 is 7.26 Å². The summed E-state index contributed by atoms with van der Waals surface area (Å²) in [5.41, 5.74) is 0.884. The molecule has 0 unspecified atom stereocenters. The summed E-state index contributed by atoms with van der Waals surface area (Å²) < 4.78 is 0. The van der Waals surface area contributed by atoms with Crippen molar-refractivity contribution in [2.24, 2.45) is 0 Å². The van der Waals surface area contributed by atoms with E-state index >= 15 is 0 Å². The standard InChI is InChI=1S/C14H23OP/c1-4-16(5-2,6-3)12-14(15)13-10-8-7-9-11-13/h7-11,16H,4-6,12H2,1-3H3. The summed E-state index contributed by atoms with van der Waals surface area (Å²) in [7, 11) is -1.31. The van der Waals surface area contributed by atoms with Gasteiger partial charge in [-0.2, -0.15) is 0 Å². The Morgan fingerprint density at radius 3 is 1.94 bits per heavy atom. The van der Waals surface area contributed by atoms with Gasteiger partial charge in [0.15, 0.2) is 0 Å². The van der Waals surface area contributed by atoms with Crippen LogP contribution in [0.15, 0.2) is 30.3 Å². The van der Waals surface area contributed by atoms with Crippen molar-refractivity contribution >= 4 is 13.0 Å². The van der Waals surface area contributed by atoms with Crippen molar-refractivity contribution in [3.8, 4) is 0 Å². The first-order valence-electron chi connectivity index (χ1n) is 6.25. The molecule has 0 heterocycles. The molecule has 0 aliphatic heterocycles. The first-order chi connectivity index (χ1) is 7.67. The monoisotopic (exact) mass is 238 g/mol. The molecule has 90 valence electrons. The van der Waals surface area contributed by atoms with Crippen LogP contribution in [0, 0.1) is 0 Å². The third-order valence-corrected chi connectivity index (χ3v) is 9.45. The quantitative estimate of drug-likeness (QED) is 0.546. The summed E-state index contributed by atoms with van der Waals surface area (Å²) in [6, 6.07) is 9.71. The van der Waals surface area contributed by atoms with Gasteiger partial charge in [-0.15, -0.1) is 0 Å². The molecule has 0 fully saturated rings. The molecule has 0 bridgehead atoms. The van der Waals surface area contributed by atoms with E-state index in [1.165, 1.54) is 18.5 Å². The van der Waals surface area contributed by atoms with Crippen molar-refractivity contribution in [3.63, 3.8) is 0 Å². The van der Waals surface area contributed by atoms with Gasteiger partial charge in [0.25, 0.3) is 0 Å². The fourth-order valence-corrected chi connectivity index (χ4v) is 5.33. The van der Waals surface area contributed by atoms with Crippen molar-refractivity contribution in [1.82, 2.24) is 0 Å². The van der Waals surface area contributed by atoms with Crippen LogP contribution in [0.2, 0.25) is 0 Å². The minimum atomic E-state index is -1.31. The number of benzene rings is 1. The summed E-state index contributed by atoms with van der Waals surface area (Å²) in [5.74, 6) is 0.345. The normalized spacial score (nSPS) is 12.4. The summed E-state index contributed by atoms with van der Waals surface area (Å²) >= 11 is 0. The van der Waals surface area contributed by atoms with Gasteiger partial charge in [0.05, 0.1) is 0 Å². The molecule has 2 heteroatoms. The topological polar surface area (TPSA) is 17.1 Å². The summed E-state index contributed by atoms with van der Waals surface area (Å²) in [4.78, 5) is 12.2. The summed E-state index contributed by atoms with van der Waals surface area (Å²) in [5, 5.41) is 0. The van der Waals surface area contributed by atoms with Crippen LogP contribution in [0.4, 0.5) is 0 Å². The van der Waals surface area contributed by atoms with Crippen LogP contribution < -0.4 is 0 Å². The average Bonchev–Trinajstić information content (AvgIpc) is 2.37. The van der Waals surface area contributed by atoms with Gasteiger partial charge in [-0.3, -0.25) is 0 Å². The molecule has 0 spiro atoms. The molecule has 0 saturated heterocycles. The van der Waals surface area contributed by atoms with Crippen molar-refractivity contribution in [2.75, 3.05) is 24.6 Å². The number of Topliss-reactive ketones (excluding diaryl/α,β-unsaturated/α-hetero) is 1. The van der Waals surface area contributed by atoms with Gasteiger partial charge >= 0.3 is 99.2 Å². The van der Waals surface area contributed by atoms with E-state index in [-0.39, 0.29) is 0 Å². The molecule has 0 aromatic heterocycles. The van der Waals surface area contributed by atoms with Crippen LogP contribution in [0.25, 0.3) is 0 Å². The Balaban J connectivity index is 2.77. The zero-order chi connectivity index (χ0) is 12.0. The Morgan fingerprint density at radius 1 is 1.00 bits per heavy atom. The maximum absolute atomic E-state index is 12.2. The Morgan fingerprint density at radius 2 is 1.50 bits per heavy atom. The number of carbonyl (C=O) groups is 1. The van der Waals surface area contributed by atoms with Gasteiger partial charge in [-0.1, -0.05) is 0 Å². The Bertz CT molecular complexity index is 320. The first kappa shape index (κ1) is 13.4. The zero-order valence-corrected chi connectivity index (χ0v) is 11.6. The van der Waals surface area contributed by atoms with Gasteiger partial charge in [0.1, 0.15) is 0 Å². The summed E-state index contributed by atoms with van der Waals surface area (Å²) in [6.07, 6.45) is 4.48. The van der Waals surface area contributed by atoms with Crippen molar-refractivity contribution in [1.29, 1.82) is 0 Å². The SMILES string of the molecule is CC[PH](CC)(CC)CC(=O)c1ccccc1. The second-order valence-electron chi connectivity index (χ2n) is 4.53. The number of hydrogen-bond donors (Lipinski definition) is 0. The molecule has 0 atom stereocenters. The van der Waals surface area contributed by atoms with E-state index in [4.69, 9.17) is 0 Å². The zero-order valence-electron chi connectivity index (χ0n) is 10.6. The fourth-order valence-electron chi connectivity index (χ4n) is 2.19. The van der Waals surface area contributed by atoms with E-state index in [2.05, 4.69) is 20.8 Å². The Hall–Kier alpha value is -0.680. The fraction of sp³-hybridized carbons (Fsp3) is 0.500. The predicted octanol–water partition coefficient (Wildman–Crippen LogP) is 3.68. The molecule has 0 radical (unpaired) electrons. The van der Waals surface area contributed by atoms with E-state index in [1.54, 1.807) is 0 Å². The molecule has 0 N–H and O–H groups in total. The number of rotatable bonds is 6. The van der Waals surface area contributed by atoms with Crippen LogP contribution in [0.5, 0.6) is 0 Å². The Kier molecular flexibility index (Phi) is 5.15. The number of hydrogen-bond acceptors (Lipinski definition) is 1. The summed E-state index contributed by atoms with van der Waals surface area (Å²) in [6.45, 7) is 6.74. The van der Waals surface area contributed by atoms with Crippen LogP contribution in [0.1, 0.15) is 31.1 Å². The third kappa shape index (κ3) is 3.15. The second-order valence-corrected chi connectivity index (χ2v) is 10.0. The maximum atomic E-state index is 12.2. The molecular formula is C14H23OP. The molecular weight excluding hydrogens is 215 g/mol. The van der Waals surface area contributed by atoms with Crippen molar-refractivity contribution in [2.45, 2.75) is 20.8 Å². The van der Waals surface area contributed by atoms with Gasteiger partial charge in [0.2, 0.25) is 0 Å². The van der Waals surface area contributed by atoms with Crippen LogP contribution in [-0.2, 0) is 0 Å². The molecule has 0 aliphatic carbocycles. The molecule has 0 aliphatic rings. The molecule has 16 heavy (non-hydrogen) atoms. The molecule has 1 rings (SSSR count). The Labute approximate surface area is 99.6 Å². The molecule has 1 nitrogen and oxygen atoms in total. The van der Waals surface area contributed by atoms with Gasteiger partial charge in [0, 0.05) is 0 Å². The van der Waals surface area contributed by atoms with E-state index in [1.807, 2.05) is 30.3 Å². The average molecular weight is 238 g/mol. The van der Waals surface area contributed by atoms with Crippen molar-refractivity contribution in [3.05, 3.63) is 35.9 Å². The van der Waals surface area contributed by atoms with Crippen LogP contribution in [-0.4, -0.2) is 30.4 Å². The number of carbonyl (C=O) groups excluding carboxylic acids is 1. The van der Waals surface area contributed by atoms with Gasteiger partial charge in [-0.05, 0) is 0 Å². The number of ketones is 1. The van der Waals surface area contributed by atoms with Gasteiger partial charge < -0.3 is 0 Å².